The quantitative estimate of drug-likeness (QED) is 0.487. The minimum Gasteiger partial charge on any atom is -0.337 e. The van der Waals surface area contributed by atoms with Gasteiger partial charge in [-0.15, -0.1) is 5.10 Å². The predicted octanol–water partition coefficient (Wildman–Crippen LogP) is 0.139. The molecule has 2 N–H and O–H groups in total. The second-order valence-corrected chi connectivity index (χ2v) is 8.97. The third kappa shape index (κ3) is 3.55. The van der Waals surface area contributed by atoms with Gasteiger partial charge in [-0.3, -0.25) is 24.5 Å². The molecule has 1 saturated carbocycles. The lowest BCUT2D eigenvalue weighted by molar-refractivity contribution is -0.136. The van der Waals surface area contributed by atoms with E-state index in [9.17, 15) is 19.2 Å². The molecule has 1 aromatic carbocycles. The number of carbonyl (C=O) groups is 4. The number of aromatic nitrogens is 5. The molecule has 13 heteroatoms. The maximum atomic E-state index is 12.9. The highest BCUT2D eigenvalue weighted by molar-refractivity contribution is 6.05. The fourth-order valence-corrected chi connectivity index (χ4v) is 4.49. The molecule has 35 heavy (non-hydrogen) atoms. The summed E-state index contributed by atoms with van der Waals surface area (Å²) in [5, 5.41) is 17.0. The summed E-state index contributed by atoms with van der Waals surface area (Å²) >= 11 is 0. The van der Waals surface area contributed by atoms with E-state index in [1.54, 1.807) is 25.1 Å². The Morgan fingerprint density at radius 3 is 2.80 bits per heavy atom. The molecule has 3 aliphatic rings. The SMILES string of the molecule is Cc1noc(C2(NC(=O)c3cn(-c4ccc5c(c4)CN(C4CCC(=O)NC4=O)C5=O)nn3)CC2)n1. The van der Waals surface area contributed by atoms with E-state index in [1.807, 2.05) is 0 Å². The summed E-state index contributed by atoms with van der Waals surface area (Å²) in [6, 6.07) is 4.45. The highest BCUT2D eigenvalue weighted by Crippen LogP contribution is 2.44. The zero-order valence-electron chi connectivity index (χ0n) is 18.6. The van der Waals surface area contributed by atoms with Gasteiger partial charge in [0.05, 0.1) is 11.9 Å². The Labute approximate surface area is 197 Å². The van der Waals surface area contributed by atoms with Crippen LogP contribution in [0.25, 0.3) is 5.69 Å². The molecule has 2 fully saturated rings. The number of fused-ring (bicyclic) bond motifs is 1. The third-order valence-electron chi connectivity index (χ3n) is 6.54. The minimum atomic E-state index is -0.685. The number of imide groups is 1. The number of aryl methyl sites for hydroxylation is 1. The molecule has 2 aromatic heterocycles. The van der Waals surface area contributed by atoms with Crippen LogP contribution in [0.1, 0.15) is 63.8 Å². The van der Waals surface area contributed by atoms with E-state index in [-0.39, 0.29) is 30.5 Å². The van der Waals surface area contributed by atoms with Crippen LogP contribution >= 0.6 is 0 Å². The monoisotopic (exact) mass is 476 g/mol. The number of nitrogens with zero attached hydrogens (tertiary/aromatic N) is 6. The van der Waals surface area contributed by atoms with E-state index >= 15 is 0 Å². The van der Waals surface area contributed by atoms with Gasteiger partial charge in [0.2, 0.25) is 11.8 Å². The minimum absolute atomic E-state index is 0.120. The van der Waals surface area contributed by atoms with Gasteiger partial charge in [-0.25, -0.2) is 4.68 Å². The molecule has 2 aliphatic heterocycles. The Bertz CT molecular complexity index is 1400. The molecule has 0 bridgehead atoms. The molecule has 178 valence electrons. The number of carbonyl (C=O) groups excluding carboxylic acids is 4. The van der Waals surface area contributed by atoms with Crippen molar-refractivity contribution >= 4 is 23.6 Å². The molecule has 3 aromatic rings. The summed E-state index contributed by atoms with van der Waals surface area (Å²) < 4.78 is 6.68. The second-order valence-electron chi connectivity index (χ2n) is 8.97. The Morgan fingerprint density at radius 2 is 2.09 bits per heavy atom. The highest BCUT2D eigenvalue weighted by atomic mass is 16.5. The molecule has 1 aliphatic carbocycles. The molecule has 4 amide bonds. The zero-order valence-corrected chi connectivity index (χ0v) is 18.6. The summed E-state index contributed by atoms with van der Waals surface area (Å²) in [7, 11) is 0. The zero-order chi connectivity index (χ0) is 24.3. The number of amides is 4. The van der Waals surface area contributed by atoms with E-state index in [4.69, 9.17) is 4.52 Å². The average Bonchev–Trinajstić information content (AvgIpc) is 3.17. The lowest BCUT2D eigenvalue weighted by Crippen LogP contribution is -2.52. The van der Waals surface area contributed by atoms with Gasteiger partial charge in [0.15, 0.2) is 11.5 Å². The van der Waals surface area contributed by atoms with E-state index in [0.717, 1.165) is 5.56 Å². The van der Waals surface area contributed by atoms with Gasteiger partial charge in [0, 0.05) is 18.5 Å². The van der Waals surface area contributed by atoms with Crippen molar-refractivity contribution in [1.82, 2.24) is 40.7 Å². The van der Waals surface area contributed by atoms with Crippen LogP contribution in [0.4, 0.5) is 0 Å². The topological polar surface area (TPSA) is 165 Å². The molecule has 1 saturated heterocycles. The molecular formula is C22H20N8O5. The second kappa shape index (κ2) is 7.55. The molecule has 1 atom stereocenters. The lowest BCUT2D eigenvalue weighted by atomic mass is 10.0. The molecule has 6 rings (SSSR count). The average molecular weight is 476 g/mol. The fraction of sp³-hybridized carbons (Fsp3) is 0.364. The van der Waals surface area contributed by atoms with Crippen molar-refractivity contribution in [2.45, 2.75) is 50.7 Å². The van der Waals surface area contributed by atoms with Crippen LogP contribution < -0.4 is 10.6 Å². The van der Waals surface area contributed by atoms with Crippen molar-refractivity contribution in [2.75, 3.05) is 0 Å². The van der Waals surface area contributed by atoms with Crippen LogP contribution in [0.2, 0.25) is 0 Å². The van der Waals surface area contributed by atoms with Crippen molar-refractivity contribution < 1.29 is 23.7 Å². The Morgan fingerprint density at radius 1 is 1.26 bits per heavy atom. The van der Waals surface area contributed by atoms with Crippen LogP contribution in [-0.2, 0) is 21.7 Å². The first kappa shape index (κ1) is 21.1. The normalized spacial score (nSPS) is 20.5. The van der Waals surface area contributed by atoms with Crippen molar-refractivity contribution in [3.8, 4) is 5.69 Å². The Kier molecular flexibility index (Phi) is 4.56. The van der Waals surface area contributed by atoms with E-state index < -0.39 is 23.4 Å². The summed E-state index contributed by atoms with van der Waals surface area (Å²) in [6.07, 6.45) is 3.37. The Hall–Kier alpha value is -4.42. The van der Waals surface area contributed by atoms with Crippen molar-refractivity contribution in [3.05, 3.63) is 52.9 Å². The first-order chi connectivity index (χ1) is 16.8. The van der Waals surface area contributed by atoms with Crippen LogP contribution in [0.3, 0.4) is 0 Å². The molecule has 0 spiro atoms. The maximum absolute atomic E-state index is 12.9. The van der Waals surface area contributed by atoms with Gasteiger partial charge in [-0.05, 0) is 49.9 Å². The number of rotatable bonds is 5. The summed E-state index contributed by atoms with van der Waals surface area (Å²) in [5.41, 5.74) is 1.27. The number of hydrogen-bond acceptors (Lipinski definition) is 9. The lowest BCUT2D eigenvalue weighted by Gasteiger charge is -2.29. The van der Waals surface area contributed by atoms with Crippen molar-refractivity contribution in [2.24, 2.45) is 0 Å². The summed E-state index contributed by atoms with van der Waals surface area (Å²) in [4.78, 5) is 55.1. The fourth-order valence-electron chi connectivity index (χ4n) is 4.49. The molecule has 0 radical (unpaired) electrons. The molecule has 13 nitrogen and oxygen atoms in total. The molecular weight excluding hydrogens is 456 g/mol. The van der Waals surface area contributed by atoms with Gasteiger partial charge < -0.3 is 14.7 Å². The van der Waals surface area contributed by atoms with E-state index in [1.165, 1.54) is 15.8 Å². The maximum Gasteiger partial charge on any atom is 0.274 e. The number of nitrogens with one attached hydrogen (secondary N) is 2. The van der Waals surface area contributed by atoms with Crippen molar-refractivity contribution in [3.63, 3.8) is 0 Å². The van der Waals surface area contributed by atoms with Crippen molar-refractivity contribution in [1.29, 1.82) is 0 Å². The highest BCUT2D eigenvalue weighted by Gasteiger charge is 2.51. The number of benzene rings is 1. The predicted molar refractivity (Wildman–Crippen MR) is 115 cm³/mol. The van der Waals surface area contributed by atoms with E-state index in [0.29, 0.717) is 42.2 Å². The van der Waals surface area contributed by atoms with Gasteiger partial charge >= 0.3 is 0 Å². The standard InChI is InChI=1S/C22H20N8O5/c1-11-23-21(35-27-11)22(6-7-22)25-18(32)15-10-30(28-26-15)13-2-3-14-12(8-13)9-29(20(14)34)16-4-5-17(31)24-19(16)33/h2-3,8,10,16H,4-7,9H2,1H3,(H,25,32)(H,24,31,33). The third-order valence-corrected chi connectivity index (χ3v) is 6.54. The van der Waals surface area contributed by atoms with Gasteiger partial charge in [0.1, 0.15) is 11.6 Å². The first-order valence-corrected chi connectivity index (χ1v) is 11.2. The first-order valence-electron chi connectivity index (χ1n) is 11.2. The largest absolute Gasteiger partial charge is 0.337 e. The van der Waals surface area contributed by atoms with Crippen LogP contribution in [0, 0.1) is 6.92 Å². The summed E-state index contributed by atoms with van der Waals surface area (Å²) in [6.45, 7) is 1.95. The number of hydrogen-bond donors (Lipinski definition) is 2. The Balaban J connectivity index is 1.19. The number of piperidine rings is 1. The van der Waals surface area contributed by atoms with Crippen LogP contribution in [-0.4, -0.2) is 59.7 Å². The van der Waals surface area contributed by atoms with Crippen LogP contribution in [0.5, 0.6) is 0 Å². The smallest absolute Gasteiger partial charge is 0.274 e. The summed E-state index contributed by atoms with van der Waals surface area (Å²) in [5.74, 6) is -0.588. The van der Waals surface area contributed by atoms with E-state index in [2.05, 4.69) is 31.1 Å². The van der Waals surface area contributed by atoms with Gasteiger partial charge in [0.25, 0.3) is 17.7 Å². The molecule has 1 unspecified atom stereocenters. The van der Waals surface area contributed by atoms with Crippen LogP contribution in [0.15, 0.2) is 28.9 Å². The molecule has 4 heterocycles. The van der Waals surface area contributed by atoms with Gasteiger partial charge in [-0.2, -0.15) is 4.98 Å². The van der Waals surface area contributed by atoms with Gasteiger partial charge in [-0.1, -0.05) is 10.4 Å².